The van der Waals surface area contributed by atoms with Crippen molar-refractivity contribution >= 4 is 11.6 Å². The van der Waals surface area contributed by atoms with Gasteiger partial charge in [-0.15, -0.1) is 0 Å². The molecular formula is C12H18ClNO. The zero-order valence-corrected chi connectivity index (χ0v) is 9.83. The highest BCUT2D eigenvalue weighted by Crippen LogP contribution is 2.12. The Hall–Kier alpha value is -0.570. The van der Waals surface area contributed by atoms with Crippen LogP contribution in [0.3, 0.4) is 0 Å². The van der Waals surface area contributed by atoms with Crippen molar-refractivity contribution in [1.82, 2.24) is 0 Å². The third-order valence-corrected chi connectivity index (χ3v) is 2.48. The van der Waals surface area contributed by atoms with Crippen molar-refractivity contribution < 1.29 is 4.74 Å². The first-order valence-corrected chi connectivity index (χ1v) is 5.70. The Morgan fingerprint density at radius 3 is 2.87 bits per heavy atom. The van der Waals surface area contributed by atoms with Crippen LogP contribution in [-0.2, 0) is 11.3 Å². The molecule has 1 rings (SSSR count). The molecule has 0 saturated heterocycles. The second-order valence-corrected chi connectivity index (χ2v) is 4.02. The van der Waals surface area contributed by atoms with Crippen molar-refractivity contribution in [3.63, 3.8) is 0 Å². The van der Waals surface area contributed by atoms with Crippen molar-refractivity contribution in [2.45, 2.75) is 32.5 Å². The zero-order valence-electron chi connectivity index (χ0n) is 9.08. The van der Waals surface area contributed by atoms with Crippen LogP contribution in [0.4, 0.5) is 0 Å². The molecule has 3 heteroatoms. The summed E-state index contributed by atoms with van der Waals surface area (Å²) in [5, 5.41) is 0.746. The Balaban J connectivity index is 2.41. The first-order valence-electron chi connectivity index (χ1n) is 5.32. The molecule has 1 atom stereocenters. The molecule has 0 aromatic heterocycles. The zero-order chi connectivity index (χ0) is 11.1. The van der Waals surface area contributed by atoms with Crippen molar-refractivity contribution in [2.75, 3.05) is 6.54 Å². The van der Waals surface area contributed by atoms with Crippen LogP contribution in [0.2, 0.25) is 5.02 Å². The molecule has 84 valence electrons. The first-order chi connectivity index (χ1) is 7.26. The largest absolute Gasteiger partial charge is 0.372 e. The molecule has 2 nitrogen and oxygen atoms in total. The number of rotatable bonds is 6. The lowest BCUT2D eigenvalue weighted by molar-refractivity contribution is 0.0404. The van der Waals surface area contributed by atoms with Crippen molar-refractivity contribution in [3.05, 3.63) is 34.9 Å². The fraction of sp³-hybridized carbons (Fsp3) is 0.500. The van der Waals surface area contributed by atoms with Gasteiger partial charge < -0.3 is 10.5 Å². The lowest BCUT2D eigenvalue weighted by atomic mass is 10.2. The topological polar surface area (TPSA) is 35.2 Å². The average Bonchev–Trinajstić information content (AvgIpc) is 2.24. The number of hydrogen-bond donors (Lipinski definition) is 1. The van der Waals surface area contributed by atoms with Gasteiger partial charge in [-0.05, 0) is 24.1 Å². The molecule has 0 amide bonds. The number of hydrogen-bond acceptors (Lipinski definition) is 2. The summed E-state index contributed by atoms with van der Waals surface area (Å²) < 4.78 is 5.69. The molecule has 0 heterocycles. The van der Waals surface area contributed by atoms with E-state index in [2.05, 4.69) is 6.92 Å². The first kappa shape index (κ1) is 12.5. The molecule has 2 N–H and O–H groups in total. The van der Waals surface area contributed by atoms with Crippen LogP contribution in [0, 0.1) is 0 Å². The van der Waals surface area contributed by atoms with Crippen LogP contribution >= 0.6 is 11.6 Å². The summed E-state index contributed by atoms with van der Waals surface area (Å²) >= 11 is 5.87. The molecule has 1 unspecified atom stereocenters. The van der Waals surface area contributed by atoms with Gasteiger partial charge in [0.1, 0.15) is 0 Å². The fourth-order valence-corrected chi connectivity index (χ4v) is 1.64. The van der Waals surface area contributed by atoms with Crippen molar-refractivity contribution in [2.24, 2.45) is 5.73 Å². The summed E-state index contributed by atoms with van der Waals surface area (Å²) in [4.78, 5) is 0. The molecule has 15 heavy (non-hydrogen) atoms. The van der Waals surface area contributed by atoms with Gasteiger partial charge in [0.05, 0.1) is 12.7 Å². The molecule has 0 aliphatic heterocycles. The average molecular weight is 228 g/mol. The number of halogens is 1. The second-order valence-electron chi connectivity index (χ2n) is 3.59. The van der Waals surface area contributed by atoms with Gasteiger partial charge in [0, 0.05) is 11.6 Å². The van der Waals surface area contributed by atoms with Crippen LogP contribution < -0.4 is 5.73 Å². The third kappa shape index (κ3) is 4.65. The molecule has 0 spiro atoms. The van der Waals surface area contributed by atoms with E-state index < -0.39 is 0 Å². The van der Waals surface area contributed by atoms with E-state index in [0.717, 1.165) is 23.4 Å². The van der Waals surface area contributed by atoms with Crippen LogP contribution in [0.5, 0.6) is 0 Å². The Morgan fingerprint density at radius 1 is 1.47 bits per heavy atom. The minimum absolute atomic E-state index is 0.161. The predicted octanol–water partition coefficient (Wildman–Crippen LogP) is 2.98. The minimum Gasteiger partial charge on any atom is -0.372 e. The predicted molar refractivity (Wildman–Crippen MR) is 64.0 cm³/mol. The van der Waals surface area contributed by atoms with Gasteiger partial charge in [0.15, 0.2) is 0 Å². The van der Waals surface area contributed by atoms with E-state index in [9.17, 15) is 0 Å². The lowest BCUT2D eigenvalue weighted by Crippen LogP contribution is -2.23. The molecular weight excluding hydrogens is 210 g/mol. The maximum atomic E-state index is 5.87. The number of benzene rings is 1. The molecule has 0 aliphatic rings. The van der Waals surface area contributed by atoms with Crippen LogP contribution in [-0.4, -0.2) is 12.6 Å². The van der Waals surface area contributed by atoms with Gasteiger partial charge >= 0.3 is 0 Å². The summed E-state index contributed by atoms with van der Waals surface area (Å²) in [6, 6.07) is 7.71. The highest BCUT2D eigenvalue weighted by atomic mass is 35.5. The quantitative estimate of drug-likeness (QED) is 0.811. The maximum Gasteiger partial charge on any atom is 0.0721 e. The molecule has 1 aromatic rings. The van der Waals surface area contributed by atoms with Gasteiger partial charge in [0.25, 0.3) is 0 Å². The smallest absolute Gasteiger partial charge is 0.0721 e. The second kappa shape index (κ2) is 6.83. The highest BCUT2D eigenvalue weighted by Gasteiger charge is 2.05. The Bertz CT molecular complexity index is 291. The molecule has 0 bridgehead atoms. The van der Waals surface area contributed by atoms with Gasteiger partial charge in [-0.1, -0.05) is 37.1 Å². The van der Waals surface area contributed by atoms with E-state index in [1.165, 1.54) is 0 Å². The SMILES string of the molecule is CCCC(CN)OCc1cccc(Cl)c1. The van der Waals surface area contributed by atoms with E-state index in [0.29, 0.717) is 13.2 Å². The molecule has 1 aromatic carbocycles. The van der Waals surface area contributed by atoms with Crippen LogP contribution in [0.15, 0.2) is 24.3 Å². The summed E-state index contributed by atoms with van der Waals surface area (Å²) in [6.07, 6.45) is 2.27. The Kier molecular flexibility index (Phi) is 5.69. The van der Waals surface area contributed by atoms with Gasteiger partial charge in [-0.25, -0.2) is 0 Å². The van der Waals surface area contributed by atoms with Gasteiger partial charge in [-0.3, -0.25) is 0 Å². The molecule has 0 aliphatic carbocycles. The molecule has 0 radical (unpaired) electrons. The van der Waals surface area contributed by atoms with E-state index in [1.54, 1.807) is 0 Å². The van der Waals surface area contributed by atoms with E-state index in [1.807, 2.05) is 24.3 Å². The number of ether oxygens (including phenoxy) is 1. The summed E-state index contributed by atoms with van der Waals surface area (Å²) in [7, 11) is 0. The van der Waals surface area contributed by atoms with Crippen LogP contribution in [0.1, 0.15) is 25.3 Å². The normalized spacial score (nSPS) is 12.7. The van der Waals surface area contributed by atoms with Gasteiger partial charge in [-0.2, -0.15) is 0 Å². The lowest BCUT2D eigenvalue weighted by Gasteiger charge is -2.14. The molecule has 0 fully saturated rings. The van der Waals surface area contributed by atoms with Crippen molar-refractivity contribution in [1.29, 1.82) is 0 Å². The Labute approximate surface area is 96.4 Å². The third-order valence-electron chi connectivity index (χ3n) is 2.25. The van der Waals surface area contributed by atoms with E-state index in [-0.39, 0.29) is 6.10 Å². The van der Waals surface area contributed by atoms with Crippen molar-refractivity contribution in [3.8, 4) is 0 Å². The molecule has 0 saturated carbocycles. The Morgan fingerprint density at radius 2 is 2.27 bits per heavy atom. The summed E-state index contributed by atoms with van der Waals surface area (Å²) in [5.74, 6) is 0. The van der Waals surface area contributed by atoms with Crippen LogP contribution in [0.25, 0.3) is 0 Å². The minimum atomic E-state index is 0.161. The monoisotopic (exact) mass is 227 g/mol. The van der Waals surface area contributed by atoms with E-state index in [4.69, 9.17) is 22.1 Å². The summed E-state index contributed by atoms with van der Waals surface area (Å²) in [6.45, 7) is 3.29. The number of nitrogens with two attached hydrogens (primary N) is 1. The maximum absolute atomic E-state index is 5.87. The van der Waals surface area contributed by atoms with Gasteiger partial charge in [0.2, 0.25) is 0 Å². The van der Waals surface area contributed by atoms with E-state index >= 15 is 0 Å². The fourth-order valence-electron chi connectivity index (χ4n) is 1.43. The highest BCUT2D eigenvalue weighted by molar-refractivity contribution is 6.30. The summed E-state index contributed by atoms with van der Waals surface area (Å²) in [5.41, 5.74) is 6.70. The standard InChI is InChI=1S/C12H18ClNO/c1-2-4-12(8-14)15-9-10-5-3-6-11(13)7-10/h3,5-7,12H,2,4,8-9,14H2,1H3.